The molecule has 0 radical (unpaired) electrons. The molecule has 0 bridgehead atoms. The summed E-state index contributed by atoms with van der Waals surface area (Å²) in [6, 6.07) is 16.4. The standard InChI is InChI=1S/C19H15IN2O3/c1-12-10-16(15-4-2-3-5-17(15)21-12)19(24)25-11-18(23)22-14-8-6-13(20)7-9-14/h2-10H,11H2,1H3,(H,22,23). The van der Waals surface area contributed by atoms with Gasteiger partial charge in [-0.15, -0.1) is 0 Å². The molecule has 0 aliphatic rings. The third kappa shape index (κ3) is 4.33. The molecule has 3 rings (SSSR count). The van der Waals surface area contributed by atoms with E-state index in [1.54, 1.807) is 18.2 Å². The highest BCUT2D eigenvalue weighted by molar-refractivity contribution is 14.1. The molecular weight excluding hydrogens is 431 g/mol. The van der Waals surface area contributed by atoms with Gasteiger partial charge >= 0.3 is 5.97 Å². The number of carbonyl (C=O) groups is 2. The SMILES string of the molecule is Cc1cc(C(=O)OCC(=O)Nc2ccc(I)cc2)c2ccccc2n1. The molecule has 126 valence electrons. The second-order valence-electron chi connectivity index (χ2n) is 5.46. The van der Waals surface area contributed by atoms with Crippen molar-refractivity contribution in [1.29, 1.82) is 0 Å². The fourth-order valence-electron chi connectivity index (χ4n) is 2.42. The van der Waals surface area contributed by atoms with Crippen LogP contribution in [-0.2, 0) is 9.53 Å². The summed E-state index contributed by atoms with van der Waals surface area (Å²) in [5.74, 6) is -0.927. The van der Waals surface area contributed by atoms with Crippen LogP contribution in [-0.4, -0.2) is 23.5 Å². The van der Waals surface area contributed by atoms with Crippen molar-refractivity contribution in [1.82, 2.24) is 4.98 Å². The predicted molar refractivity (Wildman–Crippen MR) is 105 cm³/mol. The maximum absolute atomic E-state index is 12.4. The van der Waals surface area contributed by atoms with E-state index >= 15 is 0 Å². The van der Waals surface area contributed by atoms with Gasteiger partial charge in [-0.25, -0.2) is 4.79 Å². The number of anilines is 1. The largest absolute Gasteiger partial charge is 0.452 e. The van der Waals surface area contributed by atoms with Crippen LogP contribution < -0.4 is 5.32 Å². The summed E-state index contributed by atoms with van der Waals surface area (Å²) < 4.78 is 6.24. The Hall–Kier alpha value is -2.48. The second-order valence-corrected chi connectivity index (χ2v) is 6.71. The molecule has 0 unspecified atom stereocenters. The molecular formula is C19H15IN2O3. The number of esters is 1. The number of rotatable bonds is 4. The minimum atomic E-state index is -0.542. The number of aryl methyl sites for hydroxylation is 1. The van der Waals surface area contributed by atoms with Crippen LogP contribution in [0.4, 0.5) is 5.69 Å². The molecule has 0 saturated heterocycles. The van der Waals surface area contributed by atoms with E-state index in [-0.39, 0.29) is 12.5 Å². The van der Waals surface area contributed by atoms with Gasteiger partial charge in [-0.1, -0.05) is 18.2 Å². The van der Waals surface area contributed by atoms with E-state index in [1.807, 2.05) is 43.3 Å². The molecule has 0 aliphatic heterocycles. The molecule has 3 aromatic rings. The zero-order chi connectivity index (χ0) is 17.8. The zero-order valence-corrected chi connectivity index (χ0v) is 15.6. The number of para-hydroxylation sites is 1. The fourth-order valence-corrected chi connectivity index (χ4v) is 2.78. The second kappa shape index (κ2) is 7.60. The first-order valence-corrected chi connectivity index (χ1v) is 8.70. The molecule has 1 amide bonds. The van der Waals surface area contributed by atoms with E-state index in [9.17, 15) is 9.59 Å². The van der Waals surface area contributed by atoms with Crippen LogP contribution in [0.1, 0.15) is 16.1 Å². The molecule has 0 aliphatic carbocycles. The normalized spacial score (nSPS) is 10.5. The Morgan fingerprint density at radius 2 is 1.84 bits per heavy atom. The van der Waals surface area contributed by atoms with Crippen LogP contribution in [0.25, 0.3) is 10.9 Å². The average molecular weight is 446 g/mol. The molecule has 5 nitrogen and oxygen atoms in total. The van der Waals surface area contributed by atoms with Gasteiger partial charge in [0.05, 0.1) is 11.1 Å². The van der Waals surface area contributed by atoms with Crippen molar-refractivity contribution in [3.05, 3.63) is 69.4 Å². The lowest BCUT2D eigenvalue weighted by molar-refractivity contribution is -0.119. The van der Waals surface area contributed by atoms with Crippen molar-refractivity contribution in [3.63, 3.8) is 0 Å². The van der Waals surface area contributed by atoms with Gasteiger partial charge in [0.15, 0.2) is 6.61 Å². The molecule has 1 heterocycles. The van der Waals surface area contributed by atoms with Crippen molar-refractivity contribution in [2.75, 3.05) is 11.9 Å². The zero-order valence-electron chi connectivity index (χ0n) is 13.5. The van der Waals surface area contributed by atoms with Gasteiger partial charge in [0.25, 0.3) is 5.91 Å². The monoisotopic (exact) mass is 446 g/mol. The summed E-state index contributed by atoms with van der Waals surface area (Å²) in [5, 5.41) is 3.40. The number of hydrogen-bond acceptors (Lipinski definition) is 4. The van der Waals surface area contributed by atoms with Gasteiger partial charge in [0.1, 0.15) is 0 Å². The maximum Gasteiger partial charge on any atom is 0.339 e. The molecule has 6 heteroatoms. The molecule has 0 atom stereocenters. The number of nitrogens with one attached hydrogen (secondary N) is 1. The smallest absolute Gasteiger partial charge is 0.339 e. The number of pyridine rings is 1. The first-order chi connectivity index (χ1) is 12.0. The third-order valence-corrected chi connectivity index (χ3v) is 4.25. The average Bonchev–Trinajstić information content (AvgIpc) is 2.61. The van der Waals surface area contributed by atoms with Gasteiger partial charge in [-0.05, 0) is 65.9 Å². The lowest BCUT2D eigenvalue weighted by Gasteiger charge is -2.09. The highest BCUT2D eigenvalue weighted by atomic mass is 127. The van der Waals surface area contributed by atoms with Gasteiger partial charge in [0, 0.05) is 20.3 Å². The Morgan fingerprint density at radius 3 is 2.60 bits per heavy atom. The van der Waals surface area contributed by atoms with Crippen molar-refractivity contribution in [2.45, 2.75) is 6.92 Å². The number of amides is 1. The molecule has 0 fully saturated rings. The molecule has 1 N–H and O–H groups in total. The molecule has 0 spiro atoms. The summed E-state index contributed by atoms with van der Waals surface area (Å²) in [5.41, 5.74) is 2.50. The fraction of sp³-hybridized carbons (Fsp3) is 0.105. The van der Waals surface area contributed by atoms with Gasteiger partial charge in [-0.2, -0.15) is 0 Å². The number of ether oxygens (including phenoxy) is 1. The Bertz CT molecular complexity index is 939. The Morgan fingerprint density at radius 1 is 1.12 bits per heavy atom. The van der Waals surface area contributed by atoms with E-state index in [1.165, 1.54) is 0 Å². The lowest BCUT2D eigenvalue weighted by Crippen LogP contribution is -2.21. The summed E-state index contributed by atoms with van der Waals surface area (Å²) >= 11 is 2.18. The van der Waals surface area contributed by atoms with Gasteiger partial charge in [-0.3, -0.25) is 9.78 Å². The summed E-state index contributed by atoms with van der Waals surface area (Å²) in [4.78, 5) is 28.7. The predicted octanol–water partition coefficient (Wildman–Crippen LogP) is 3.94. The number of aromatic nitrogens is 1. The number of nitrogens with zero attached hydrogens (tertiary/aromatic N) is 1. The first-order valence-electron chi connectivity index (χ1n) is 7.62. The van der Waals surface area contributed by atoms with Crippen molar-refractivity contribution in [3.8, 4) is 0 Å². The Balaban J connectivity index is 1.68. The number of benzene rings is 2. The van der Waals surface area contributed by atoms with Crippen LogP contribution in [0, 0.1) is 10.5 Å². The quantitative estimate of drug-likeness (QED) is 0.487. The number of halogens is 1. The molecule has 25 heavy (non-hydrogen) atoms. The Kier molecular flexibility index (Phi) is 5.28. The van der Waals surface area contributed by atoms with Crippen molar-refractivity contribution in [2.24, 2.45) is 0 Å². The molecule has 0 saturated carbocycles. The number of fused-ring (bicyclic) bond motifs is 1. The van der Waals surface area contributed by atoms with Crippen LogP contribution in [0.2, 0.25) is 0 Å². The van der Waals surface area contributed by atoms with Gasteiger partial charge in [0.2, 0.25) is 0 Å². The van der Waals surface area contributed by atoms with Gasteiger partial charge < -0.3 is 10.1 Å². The van der Waals surface area contributed by atoms with Crippen LogP contribution in [0.5, 0.6) is 0 Å². The Labute approximate surface area is 158 Å². The first kappa shape index (κ1) is 17.3. The highest BCUT2D eigenvalue weighted by Crippen LogP contribution is 2.19. The third-order valence-electron chi connectivity index (χ3n) is 3.53. The van der Waals surface area contributed by atoms with Crippen LogP contribution in [0.15, 0.2) is 54.6 Å². The summed E-state index contributed by atoms with van der Waals surface area (Å²) in [6.07, 6.45) is 0. The van der Waals surface area contributed by atoms with Crippen LogP contribution >= 0.6 is 22.6 Å². The number of hydrogen-bond donors (Lipinski definition) is 1. The minimum absolute atomic E-state index is 0.347. The maximum atomic E-state index is 12.4. The van der Waals surface area contributed by atoms with Crippen LogP contribution in [0.3, 0.4) is 0 Å². The van der Waals surface area contributed by atoms with E-state index in [2.05, 4.69) is 32.9 Å². The summed E-state index contributed by atoms with van der Waals surface area (Å²) in [6.45, 7) is 1.47. The van der Waals surface area contributed by atoms with Crippen molar-refractivity contribution < 1.29 is 14.3 Å². The van der Waals surface area contributed by atoms with E-state index in [4.69, 9.17) is 4.74 Å². The van der Waals surface area contributed by atoms with E-state index in [0.717, 1.165) is 9.09 Å². The summed E-state index contributed by atoms with van der Waals surface area (Å²) in [7, 11) is 0. The highest BCUT2D eigenvalue weighted by Gasteiger charge is 2.15. The molecule has 1 aromatic heterocycles. The minimum Gasteiger partial charge on any atom is -0.452 e. The van der Waals surface area contributed by atoms with Crippen molar-refractivity contribution >= 4 is 51.1 Å². The topological polar surface area (TPSA) is 68.3 Å². The molecule has 2 aromatic carbocycles. The van der Waals surface area contributed by atoms with E-state index in [0.29, 0.717) is 22.3 Å². The van der Waals surface area contributed by atoms with E-state index < -0.39 is 5.97 Å². The lowest BCUT2D eigenvalue weighted by atomic mass is 10.1. The number of carbonyl (C=O) groups excluding carboxylic acids is 2.